The van der Waals surface area contributed by atoms with Crippen LogP contribution in [0.3, 0.4) is 0 Å². The summed E-state index contributed by atoms with van der Waals surface area (Å²) in [6.07, 6.45) is -2.50. The van der Waals surface area contributed by atoms with Gasteiger partial charge in [0, 0.05) is 12.6 Å². The topological polar surface area (TPSA) is 38.5 Å². The molecule has 19 heavy (non-hydrogen) atoms. The SMILES string of the molecule is COc1ccc(CN(CC(F)(F)F)C2CC2)cc1N. The van der Waals surface area contributed by atoms with Crippen molar-refractivity contribution in [2.24, 2.45) is 0 Å². The molecule has 1 aliphatic carbocycles. The minimum Gasteiger partial charge on any atom is -0.495 e. The Bertz CT molecular complexity index is 444. The van der Waals surface area contributed by atoms with Crippen molar-refractivity contribution in [3.63, 3.8) is 0 Å². The van der Waals surface area contributed by atoms with E-state index in [1.807, 2.05) is 0 Å². The van der Waals surface area contributed by atoms with E-state index < -0.39 is 12.7 Å². The highest BCUT2D eigenvalue weighted by Crippen LogP contribution is 2.32. The number of hydrogen-bond donors (Lipinski definition) is 1. The fraction of sp³-hybridized carbons (Fsp3) is 0.538. The number of nitrogen functional groups attached to an aromatic ring is 1. The third-order valence-corrected chi connectivity index (χ3v) is 3.13. The van der Waals surface area contributed by atoms with Crippen molar-refractivity contribution in [2.75, 3.05) is 19.4 Å². The molecule has 1 aromatic carbocycles. The van der Waals surface area contributed by atoms with Crippen LogP contribution < -0.4 is 10.5 Å². The van der Waals surface area contributed by atoms with E-state index >= 15 is 0 Å². The van der Waals surface area contributed by atoms with Gasteiger partial charge >= 0.3 is 6.18 Å². The number of methoxy groups -OCH3 is 1. The maximum Gasteiger partial charge on any atom is 0.401 e. The molecule has 0 spiro atoms. The van der Waals surface area contributed by atoms with Gasteiger partial charge in [0.1, 0.15) is 5.75 Å². The molecule has 1 aromatic rings. The summed E-state index contributed by atoms with van der Waals surface area (Å²) in [6.45, 7) is -0.609. The molecule has 106 valence electrons. The Labute approximate surface area is 110 Å². The zero-order chi connectivity index (χ0) is 14.0. The third-order valence-electron chi connectivity index (χ3n) is 3.13. The summed E-state index contributed by atoms with van der Waals surface area (Å²) >= 11 is 0. The molecule has 0 unspecified atom stereocenters. The molecule has 2 N–H and O–H groups in total. The molecule has 2 rings (SSSR count). The van der Waals surface area contributed by atoms with E-state index in [1.165, 1.54) is 12.0 Å². The van der Waals surface area contributed by atoms with Gasteiger partial charge in [0.15, 0.2) is 0 Å². The molecule has 6 heteroatoms. The van der Waals surface area contributed by atoms with Crippen molar-refractivity contribution < 1.29 is 17.9 Å². The van der Waals surface area contributed by atoms with Crippen LogP contribution in [0.1, 0.15) is 18.4 Å². The Balaban J connectivity index is 2.06. The minimum absolute atomic E-state index is 0.0463. The number of nitrogens with two attached hydrogens (primary N) is 1. The number of hydrogen-bond acceptors (Lipinski definition) is 3. The lowest BCUT2D eigenvalue weighted by Gasteiger charge is -2.23. The van der Waals surface area contributed by atoms with E-state index in [4.69, 9.17) is 10.5 Å². The number of rotatable bonds is 5. The van der Waals surface area contributed by atoms with Crippen LogP contribution in [0.4, 0.5) is 18.9 Å². The fourth-order valence-electron chi connectivity index (χ4n) is 2.10. The van der Waals surface area contributed by atoms with Crippen LogP contribution in [0, 0.1) is 0 Å². The van der Waals surface area contributed by atoms with Gasteiger partial charge in [0.25, 0.3) is 0 Å². The summed E-state index contributed by atoms with van der Waals surface area (Å²) in [5.41, 5.74) is 6.98. The molecule has 1 aliphatic rings. The zero-order valence-electron chi connectivity index (χ0n) is 10.7. The lowest BCUT2D eigenvalue weighted by Crippen LogP contribution is -2.35. The molecular formula is C13H17F3N2O. The van der Waals surface area contributed by atoms with Crippen LogP contribution in [0.2, 0.25) is 0 Å². The molecular weight excluding hydrogens is 257 g/mol. The first-order chi connectivity index (χ1) is 8.89. The van der Waals surface area contributed by atoms with Crippen LogP contribution >= 0.6 is 0 Å². The van der Waals surface area contributed by atoms with Crippen molar-refractivity contribution in [3.8, 4) is 5.75 Å². The molecule has 0 radical (unpaired) electrons. The summed E-state index contributed by atoms with van der Waals surface area (Å²) in [7, 11) is 1.51. The van der Waals surface area contributed by atoms with Crippen LogP contribution in [-0.2, 0) is 6.54 Å². The van der Waals surface area contributed by atoms with Crippen molar-refractivity contribution in [2.45, 2.75) is 31.6 Å². The summed E-state index contributed by atoms with van der Waals surface area (Å²) in [5, 5.41) is 0. The van der Waals surface area contributed by atoms with Crippen LogP contribution in [-0.4, -0.2) is 30.8 Å². The largest absolute Gasteiger partial charge is 0.495 e. The molecule has 0 aromatic heterocycles. The molecule has 0 atom stereocenters. The maximum atomic E-state index is 12.5. The molecule has 1 saturated carbocycles. The molecule has 3 nitrogen and oxygen atoms in total. The van der Waals surface area contributed by atoms with Gasteiger partial charge in [0.2, 0.25) is 0 Å². The minimum atomic E-state index is -4.17. The van der Waals surface area contributed by atoms with Gasteiger partial charge in [-0.1, -0.05) is 6.07 Å². The molecule has 0 aliphatic heterocycles. The first-order valence-corrected chi connectivity index (χ1v) is 6.12. The number of alkyl halides is 3. The summed E-state index contributed by atoms with van der Waals surface area (Å²) in [6, 6.07) is 5.15. The number of anilines is 1. The highest BCUT2D eigenvalue weighted by Gasteiger charge is 2.37. The lowest BCUT2D eigenvalue weighted by molar-refractivity contribution is -0.148. The second kappa shape index (κ2) is 5.28. The van der Waals surface area contributed by atoms with Gasteiger partial charge in [-0.3, -0.25) is 4.90 Å². The first kappa shape index (κ1) is 14.0. The van der Waals surface area contributed by atoms with Crippen LogP contribution in [0.15, 0.2) is 18.2 Å². The van der Waals surface area contributed by atoms with Crippen molar-refractivity contribution >= 4 is 5.69 Å². The Morgan fingerprint density at radius 2 is 2.05 bits per heavy atom. The molecule has 0 heterocycles. The van der Waals surface area contributed by atoms with E-state index in [0.29, 0.717) is 11.4 Å². The summed E-state index contributed by atoms with van der Waals surface area (Å²) in [4.78, 5) is 1.46. The average molecular weight is 274 g/mol. The Hall–Kier alpha value is -1.43. The number of nitrogens with zero attached hydrogens (tertiary/aromatic N) is 1. The van der Waals surface area contributed by atoms with Gasteiger partial charge in [-0.25, -0.2) is 0 Å². The van der Waals surface area contributed by atoms with Gasteiger partial charge in [-0.2, -0.15) is 13.2 Å². The summed E-state index contributed by atoms with van der Waals surface area (Å²) in [5.74, 6) is 0.539. The Morgan fingerprint density at radius 3 is 2.53 bits per heavy atom. The quantitative estimate of drug-likeness (QED) is 0.839. The lowest BCUT2D eigenvalue weighted by atomic mass is 10.1. The van der Waals surface area contributed by atoms with E-state index in [2.05, 4.69) is 0 Å². The highest BCUT2D eigenvalue weighted by molar-refractivity contribution is 5.54. The van der Waals surface area contributed by atoms with Crippen LogP contribution in [0.5, 0.6) is 5.75 Å². The first-order valence-electron chi connectivity index (χ1n) is 6.12. The van der Waals surface area contributed by atoms with E-state index in [9.17, 15) is 13.2 Å². The monoisotopic (exact) mass is 274 g/mol. The number of benzene rings is 1. The van der Waals surface area contributed by atoms with Gasteiger partial charge in [-0.15, -0.1) is 0 Å². The van der Waals surface area contributed by atoms with Crippen molar-refractivity contribution in [1.29, 1.82) is 0 Å². The summed E-state index contributed by atoms with van der Waals surface area (Å²) < 4.78 is 42.6. The molecule has 0 bridgehead atoms. The normalized spacial score (nSPS) is 15.8. The fourth-order valence-corrected chi connectivity index (χ4v) is 2.10. The van der Waals surface area contributed by atoms with Gasteiger partial charge in [-0.05, 0) is 30.5 Å². The standard InChI is InChI=1S/C13H17F3N2O/c1-19-12-5-2-9(6-11(12)17)7-18(10-3-4-10)8-13(14,15)16/h2,5-6,10H,3-4,7-8,17H2,1H3. The third kappa shape index (κ3) is 4.02. The van der Waals surface area contributed by atoms with Gasteiger partial charge < -0.3 is 10.5 Å². The predicted molar refractivity (Wildman–Crippen MR) is 66.9 cm³/mol. The number of halogens is 3. The Kier molecular flexibility index (Phi) is 3.89. The number of ether oxygens (including phenoxy) is 1. The van der Waals surface area contributed by atoms with Crippen molar-refractivity contribution in [3.05, 3.63) is 23.8 Å². The maximum absolute atomic E-state index is 12.5. The zero-order valence-corrected chi connectivity index (χ0v) is 10.7. The van der Waals surface area contributed by atoms with E-state index in [-0.39, 0.29) is 12.6 Å². The predicted octanol–water partition coefficient (Wildman–Crippen LogP) is 2.80. The van der Waals surface area contributed by atoms with Crippen LogP contribution in [0.25, 0.3) is 0 Å². The Morgan fingerprint density at radius 1 is 1.37 bits per heavy atom. The van der Waals surface area contributed by atoms with E-state index in [1.54, 1.807) is 18.2 Å². The molecule has 0 saturated heterocycles. The molecule has 0 amide bonds. The van der Waals surface area contributed by atoms with Crippen molar-refractivity contribution in [1.82, 2.24) is 4.90 Å². The van der Waals surface area contributed by atoms with E-state index in [0.717, 1.165) is 18.4 Å². The smallest absolute Gasteiger partial charge is 0.401 e. The highest BCUT2D eigenvalue weighted by atomic mass is 19.4. The molecule has 1 fully saturated rings. The second-order valence-electron chi connectivity index (χ2n) is 4.83. The second-order valence-corrected chi connectivity index (χ2v) is 4.83. The van der Waals surface area contributed by atoms with Gasteiger partial charge in [0.05, 0.1) is 19.3 Å². The average Bonchev–Trinajstić information content (AvgIpc) is 3.10.